The van der Waals surface area contributed by atoms with E-state index in [0.717, 1.165) is 79.9 Å². The van der Waals surface area contributed by atoms with Crippen molar-refractivity contribution in [1.29, 1.82) is 5.26 Å². The zero-order valence-electron chi connectivity index (χ0n) is 21.2. The van der Waals surface area contributed by atoms with E-state index in [1.54, 1.807) is 6.20 Å². The van der Waals surface area contributed by atoms with E-state index in [1.165, 1.54) is 0 Å². The average Bonchev–Trinajstić information content (AvgIpc) is 2.85. The van der Waals surface area contributed by atoms with Gasteiger partial charge in [0, 0.05) is 92.5 Å². The number of benzene rings is 1. The molecule has 0 saturated carbocycles. The molecule has 3 aliphatic rings. The SMILES string of the molecule is Cc1cc(N2CCN3C(C)CN(c4ccc(C#N)c5ncccc45)CC3C2)nc(N2CC(C)(N)C2)n1. The van der Waals surface area contributed by atoms with Crippen LogP contribution < -0.4 is 20.4 Å². The van der Waals surface area contributed by atoms with Gasteiger partial charge in [0.1, 0.15) is 11.9 Å². The van der Waals surface area contributed by atoms with Gasteiger partial charge in [-0.05, 0) is 45.0 Å². The van der Waals surface area contributed by atoms with E-state index in [1.807, 2.05) is 19.1 Å². The van der Waals surface area contributed by atoms with Gasteiger partial charge in [0.25, 0.3) is 0 Å². The van der Waals surface area contributed by atoms with Crippen molar-refractivity contribution in [2.24, 2.45) is 5.73 Å². The van der Waals surface area contributed by atoms with Gasteiger partial charge < -0.3 is 20.4 Å². The molecule has 3 saturated heterocycles. The van der Waals surface area contributed by atoms with Crippen molar-refractivity contribution < 1.29 is 0 Å². The van der Waals surface area contributed by atoms with Crippen LogP contribution in [-0.2, 0) is 0 Å². The second-order valence-corrected chi connectivity index (χ2v) is 10.9. The van der Waals surface area contributed by atoms with Crippen molar-refractivity contribution in [3.63, 3.8) is 0 Å². The fourth-order valence-corrected chi connectivity index (χ4v) is 6.10. The highest BCUT2D eigenvalue weighted by atomic mass is 15.4. The molecule has 5 heterocycles. The van der Waals surface area contributed by atoms with Gasteiger partial charge in [0.2, 0.25) is 5.95 Å². The average molecular weight is 484 g/mol. The summed E-state index contributed by atoms with van der Waals surface area (Å²) in [6.45, 7) is 12.8. The fraction of sp³-hybridized carbons (Fsp3) is 0.481. The van der Waals surface area contributed by atoms with E-state index >= 15 is 0 Å². The summed E-state index contributed by atoms with van der Waals surface area (Å²) in [6.07, 6.45) is 1.76. The lowest BCUT2D eigenvalue weighted by Crippen LogP contribution is -2.66. The van der Waals surface area contributed by atoms with E-state index in [0.29, 0.717) is 17.6 Å². The lowest BCUT2D eigenvalue weighted by Gasteiger charge is -2.51. The summed E-state index contributed by atoms with van der Waals surface area (Å²) in [5.74, 6) is 1.78. The Balaban J connectivity index is 1.25. The van der Waals surface area contributed by atoms with Crippen LogP contribution in [0.3, 0.4) is 0 Å². The Labute approximate surface area is 212 Å². The number of pyridine rings is 1. The largest absolute Gasteiger partial charge is 0.368 e. The lowest BCUT2D eigenvalue weighted by molar-refractivity contribution is 0.108. The standard InChI is InChI=1S/C27H33N9/c1-18-11-24(32-26(31-18)35-16-27(3,29)17-35)33-9-10-36-19(2)13-34(15-21(36)14-33)23-7-6-20(12-28)25-22(23)5-4-8-30-25/h4-8,11,19,21H,9-10,13-17,29H2,1-3H3. The van der Waals surface area contributed by atoms with Gasteiger partial charge in [-0.3, -0.25) is 9.88 Å². The minimum atomic E-state index is -0.161. The first-order valence-corrected chi connectivity index (χ1v) is 12.7. The van der Waals surface area contributed by atoms with Gasteiger partial charge in [-0.15, -0.1) is 0 Å². The molecule has 0 spiro atoms. The van der Waals surface area contributed by atoms with Crippen molar-refractivity contribution in [3.05, 3.63) is 47.8 Å². The number of fused-ring (bicyclic) bond motifs is 2. The van der Waals surface area contributed by atoms with Crippen LogP contribution in [0, 0.1) is 18.3 Å². The van der Waals surface area contributed by atoms with Crippen LogP contribution in [0.5, 0.6) is 0 Å². The molecule has 0 bridgehead atoms. The van der Waals surface area contributed by atoms with Gasteiger partial charge >= 0.3 is 0 Å². The van der Waals surface area contributed by atoms with Gasteiger partial charge in [0.15, 0.2) is 0 Å². The number of piperazine rings is 2. The summed E-state index contributed by atoms with van der Waals surface area (Å²) in [5.41, 5.74) is 9.61. The summed E-state index contributed by atoms with van der Waals surface area (Å²) in [6, 6.07) is 13.2. The Bertz CT molecular complexity index is 1340. The summed E-state index contributed by atoms with van der Waals surface area (Å²) >= 11 is 0. The maximum atomic E-state index is 9.55. The Hall–Kier alpha value is -3.48. The molecular formula is C27H33N9. The van der Waals surface area contributed by atoms with Crippen LogP contribution in [0.4, 0.5) is 17.5 Å². The van der Waals surface area contributed by atoms with Gasteiger partial charge in [-0.25, -0.2) is 4.98 Å². The molecule has 0 aliphatic carbocycles. The summed E-state index contributed by atoms with van der Waals surface area (Å²) in [4.78, 5) is 23.9. The van der Waals surface area contributed by atoms with E-state index in [9.17, 15) is 5.26 Å². The van der Waals surface area contributed by atoms with Crippen LogP contribution in [0.2, 0.25) is 0 Å². The van der Waals surface area contributed by atoms with E-state index in [4.69, 9.17) is 10.7 Å². The minimum absolute atomic E-state index is 0.161. The smallest absolute Gasteiger partial charge is 0.227 e. The third kappa shape index (κ3) is 4.00. The van der Waals surface area contributed by atoms with Gasteiger partial charge in [-0.1, -0.05) is 0 Å². The van der Waals surface area contributed by atoms with Crippen LogP contribution in [0.25, 0.3) is 10.9 Å². The predicted octanol–water partition coefficient (Wildman–Crippen LogP) is 2.14. The van der Waals surface area contributed by atoms with E-state index in [2.05, 4.69) is 67.7 Å². The lowest BCUT2D eigenvalue weighted by atomic mass is 9.94. The Morgan fingerprint density at radius 3 is 2.64 bits per heavy atom. The van der Waals surface area contributed by atoms with Crippen LogP contribution in [0.1, 0.15) is 25.1 Å². The highest BCUT2D eigenvalue weighted by Crippen LogP contribution is 2.33. The number of anilines is 3. The molecule has 36 heavy (non-hydrogen) atoms. The van der Waals surface area contributed by atoms with Crippen molar-refractivity contribution in [3.8, 4) is 6.07 Å². The molecule has 3 aromatic rings. The third-order valence-corrected chi connectivity index (χ3v) is 7.76. The number of aromatic nitrogens is 3. The minimum Gasteiger partial charge on any atom is -0.368 e. The Kier molecular flexibility index (Phi) is 5.47. The fourth-order valence-electron chi connectivity index (χ4n) is 6.10. The topological polar surface area (TPSA) is 101 Å². The van der Waals surface area contributed by atoms with Crippen molar-refractivity contribution in [2.75, 3.05) is 60.5 Å². The molecule has 3 fully saturated rings. The second kappa shape index (κ2) is 8.57. The first-order valence-electron chi connectivity index (χ1n) is 12.7. The van der Waals surface area contributed by atoms with Crippen LogP contribution >= 0.6 is 0 Å². The molecule has 2 aromatic heterocycles. The van der Waals surface area contributed by atoms with Crippen LogP contribution in [-0.4, -0.2) is 83.3 Å². The Morgan fingerprint density at radius 1 is 1.06 bits per heavy atom. The zero-order valence-corrected chi connectivity index (χ0v) is 21.2. The molecule has 186 valence electrons. The number of nitrogens with zero attached hydrogens (tertiary/aromatic N) is 8. The number of hydrogen-bond donors (Lipinski definition) is 1. The molecule has 2 atom stereocenters. The van der Waals surface area contributed by atoms with Gasteiger partial charge in [-0.2, -0.15) is 10.2 Å². The number of hydrogen-bond acceptors (Lipinski definition) is 9. The van der Waals surface area contributed by atoms with Crippen molar-refractivity contribution in [1.82, 2.24) is 19.9 Å². The summed E-state index contributed by atoms with van der Waals surface area (Å²) in [5, 5.41) is 10.6. The highest BCUT2D eigenvalue weighted by molar-refractivity contribution is 5.95. The Morgan fingerprint density at radius 2 is 1.86 bits per heavy atom. The molecule has 9 nitrogen and oxygen atoms in total. The molecule has 3 aliphatic heterocycles. The zero-order chi connectivity index (χ0) is 25.0. The molecule has 1 aromatic carbocycles. The van der Waals surface area contributed by atoms with Crippen LogP contribution in [0.15, 0.2) is 36.5 Å². The number of nitrogens with two attached hydrogens (primary N) is 1. The quantitative estimate of drug-likeness (QED) is 0.600. The number of aryl methyl sites for hydroxylation is 1. The summed E-state index contributed by atoms with van der Waals surface area (Å²) in [7, 11) is 0. The highest BCUT2D eigenvalue weighted by Gasteiger charge is 2.39. The monoisotopic (exact) mass is 483 g/mol. The molecule has 2 unspecified atom stereocenters. The second-order valence-electron chi connectivity index (χ2n) is 10.9. The van der Waals surface area contributed by atoms with E-state index in [-0.39, 0.29) is 5.54 Å². The molecule has 0 amide bonds. The molecule has 9 heteroatoms. The van der Waals surface area contributed by atoms with E-state index < -0.39 is 0 Å². The summed E-state index contributed by atoms with van der Waals surface area (Å²) < 4.78 is 0. The molecule has 2 N–H and O–H groups in total. The first kappa shape index (κ1) is 23.0. The van der Waals surface area contributed by atoms with Crippen molar-refractivity contribution in [2.45, 2.75) is 38.4 Å². The molecular weight excluding hydrogens is 450 g/mol. The number of nitriles is 1. The maximum Gasteiger partial charge on any atom is 0.227 e. The predicted molar refractivity (Wildman–Crippen MR) is 142 cm³/mol. The maximum absolute atomic E-state index is 9.55. The van der Waals surface area contributed by atoms with Gasteiger partial charge in [0.05, 0.1) is 11.1 Å². The molecule has 6 rings (SSSR count). The number of rotatable bonds is 3. The molecule has 0 radical (unpaired) electrons. The third-order valence-electron chi connectivity index (χ3n) is 7.76. The normalized spacial score (nSPS) is 23.8. The van der Waals surface area contributed by atoms with Crippen molar-refractivity contribution >= 4 is 28.4 Å². The first-order chi connectivity index (χ1) is 17.3.